The Bertz CT molecular complexity index is 1120. The molecule has 192 valence electrons. The van der Waals surface area contributed by atoms with Gasteiger partial charge in [0.2, 0.25) is 0 Å². The molecule has 4 rings (SSSR count). The maximum Gasteiger partial charge on any atom is 0.416 e. The van der Waals surface area contributed by atoms with Gasteiger partial charge in [-0.3, -0.25) is 0 Å². The molecule has 0 spiro atoms. The van der Waals surface area contributed by atoms with Crippen LogP contribution in [0.2, 0.25) is 0 Å². The van der Waals surface area contributed by atoms with E-state index in [0.717, 1.165) is 73.0 Å². The Balaban J connectivity index is 1.30. The lowest BCUT2D eigenvalue weighted by Gasteiger charge is -2.18. The van der Waals surface area contributed by atoms with Gasteiger partial charge < -0.3 is 20.3 Å². The van der Waals surface area contributed by atoms with Gasteiger partial charge in [-0.05, 0) is 54.9 Å². The van der Waals surface area contributed by atoms with Crippen LogP contribution in [-0.2, 0) is 19.1 Å². The van der Waals surface area contributed by atoms with Gasteiger partial charge in [-0.1, -0.05) is 32.0 Å². The Morgan fingerprint density at radius 2 is 1.78 bits per heavy atom. The fourth-order valence-electron chi connectivity index (χ4n) is 4.28. The molecule has 0 aliphatic carbocycles. The van der Waals surface area contributed by atoms with Gasteiger partial charge in [0.25, 0.3) is 0 Å². The highest BCUT2D eigenvalue weighted by atomic mass is 19.4. The number of anilines is 2. The number of alkyl halides is 3. The molecule has 3 aromatic rings. The van der Waals surface area contributed by atoms with E-state index >= 15 is 0 Å². The second kappa shape index (κ2) is 11.6. The Morgan fingerprint density at radius 1 is 1.03 bits per heavy atom. The number of likely N-dealkylation sites (N-methyl/N-ethyl adjacent to an activating group) is 1. The summed E-state index contributed by atoms with van der Waals surface area (Å²) in [5.41, 5.74) is 2.36. The summed E-state index contributed by atoms with van der Waals surface area (Å²) in [6.45, 7) is 9.02. The van der Waals surface area contributed by atoms with Gasteiger partial charge in [-0.2, -0.15) is 13.2 Å². The average molecular weight is 500 g/mol. The summed E-state index contributed by atoms with van der Waals surface area (Å²) >= 11 is 0. The van der Waals surface area contributed by atoms with Gasteiger partial charge in [0.1, 0.15) is 24.0 Å². The number of nitrogens with zero attached hydrogens (tertiary/aromatic N) is 3. The van der Waals surface area contributed by atoms with Crippen LogP contribution in [-0.4, -0.2) is 47.7 Å². The van der Waals surface area contributed by atoms with E-state index in [4.69, 9.17) is 4.74 Å². The molecule has 1 aliphatic heterocycles. The summed E-state index contributed by atoms with van der Waals surface area (Å²) in [6, 6.07) is 11.2. The lowest BCUT2D eigenvalue weighted by Crippen LogP contribution is -2.27. The second-order valence-electron chi connectivity index (χ2n) is 8.87. The summed E-state index contributed by atoms with van der Waals surface area (Å²) in [6.07, 6.45) is 0.103. The largest absolute Gasteiger partial charge is 0.491 e. The number of hydrogen-bond acceptors (Lipinski definition) is 6. The van der Waals surface area contributed by atoms with Crippen molar-refractivity contribution in [2.75, 3.05) is 43.4 Å². The van der Waals surface area contributed by atoms with Crippen LogP contribution >= 0.6 is 0 Å². The van der Waals surface area contributed by atoms with Gasteiger partial charge in [0.05, 0.1) is 11.8 Å². The minimum Gasteiger partial charge on any atom is -0.491 e. The van der Waals surface area contributed by atoms with Crippen LogP contribution in [0, 0.1) is 0 Å². The summed E-state index contributed by atoms with van der Waals surface area (Å²) in [4.78, 5) is 11.3. The normalized spacial score (nSPS) is 15.0. The van der Waals surface area contributed by atoms with Crippen LogP contribution in [0.15, 0.2) is 54.9 Å². The Kier molecular flexibility index (Phi) is 8.30. The van der Waals surface area contributed by atoms with E-state index in [1.807, 2.05) is 18.3 Å². The summed E-state index contributed by atoms with van der Waals surface area (Å²) in [5, 5.41) is 6.54. The average Bonchev–Trinajstić information content (AvgIpc) is 3.28. The van der Waals surface area contributed by atoms with E-state index in [1.54, 1.807) is 6.20 Å². The van der Waals surface area contributed by atoms with Crippen LogP contribution in [0.3, 0.4) is 0 Å². The van der Waals surface area contributed by atoms with Crippen molar-refractivity contribution in [1.29, 1.82) is 0 Å². The van der Waals surface area contributed by atoms with Crippen LogP contribution < -0.4 is 15.4 Å². The van der Waals surface area contributed by atoms with Crippen LogP contribution in [0.4, 0.5) is 24.8 Å². The lowest BCUT2D eigenvalue weighted by molar-refractivity contribution is -0.137. The van der Waals surface area contributed by atoms with Gasteiger partial charge in [-0.25, -0.2) is 9.97 Å². The summed E-state index contributed by atoms with van der Waals surface area (Å²) in [5.74, 6) is 2.63. The first-order chi connectivity index (χ1) is 17.4. The van der Waals surface area contributed by atoms with Crippen LogP contribution in [0.25, 0.3) is 0 Å². The molecular weight excluding hydrogens is 467 g/mol. The van der Waals surface area contributed by atoms with Crippen LogP contribution in [0.1, 0.15) is 42.0 Å². The van der Waals surface area contributed by atoms with E-state index in [-0.39, 0.29) is 5.92 Å². The molecule has 0 saturated heterocycles. The molecule has 0 amide bonds. The molecule has 1 unspecified atom stereocenters. The number of nitrogens with one attached hydrogen (secondary N) is 2. The Labute approximate surface area is 209 Å². The third-order valence-corrected chi connectivity index (χ3v) is 6.48. The molecule has 1 atom stereocenters. The highest BCUT2D eigenvalue weighted by Crippen LogP contribution is 2.34. The quantitative estimate of drug-likeness (QED) is 0.359. The fraction of sp³-hybridized carbons (Fsp3) is 0.407. The summed E-state index contributed by atoms with van der Waals surface area (Å²) < 4.78 is 44.1. The molecule has 9 heteroatoms. The van der Waals surface area contributed by atoms with E-state index < -0.39 is 11.7 Å². The predicted octanol–water partition coefficient (Wildman–Crippen LogP) is 5.58. The molecule has 1 aliphatic rings. The SMILES string of the molecule is CCN(CC)CCOc1cnc2c(c1)C(Cc1ccc(NCc3ccc(C(F)(F)F)cc3)nc1)CN2. The standard InChI is InChI=1S/C27H32F3N5O/c1-3-35(4-2)11-12-36-23-14-24-21(17-33-26(24)34-18-23)13-20-7-10-25(32-16-20)31-15-19-5-8-22(9-6-19)27(28,29)30/h5-10,14,16,18,21H,3-4,11-13,15,17H2,1-2H3,(H,31,32)(H,33,34). The number of aromatic nitrogens is 2. The van der Waals surface area contributed by atoms with Crippen molar-refractivity contribution in [2.45, 2.75) is 38.9 Å². The van der Waals surface area contributed by atoms with E-state index in [0.29, 0.717) is 19.0 Å². The molecule has 36 heavy (non-hydrogen) atoms. The second-order valence-corrected chi connectivity index (χ2v) is 8.87. The topological polar surface area (TPSA) is 62.3 Å². The van der Waals surface area contributed by atoms with Crippen molar-refractivity contribution in [2.24, 2.45) is 0 Å². The smallest absolute Gasteiger partial charge is 0.416 e. The molecule has 0 radical (unpaired) electrons. The Hall–Kier alpha value is -3.33. The highest BCUT2D eigenvalue weighted by molar-refractivity contribution is 5.54. The number of halogens is 3. The van der Waals surface area contributed by atoms with Crippen molar-refractivity contribution >= 4 is 11.6 Å². The van der Waals surface area contributed by atoms with E-state index in [9.17, 15) is 13.2 Å². The molecule has 6 nitrogen and oxygen atoms in total. The predicted molar refractivity (Wildman–Crippen MR) is 135 cm³/mol. The van der Waals surface area contributed by atoms with Crippen molar-refractivity contribution in [3.63, 3.8) is 0 Å². The number of fused-ring (bicyclic) bond motifs is 1. The molecule has 0 saturated carbocycles. The lowest BCUT2D eigenvalue weighted by atomic mass is 9.95. The zero-order valence-electron chi connectivity index (χ0n) is 20.6. The number of ether oxygens (including phenoxy) is 1. The first kappa shape index (κ1) is 25.8. The molecule has 0 bridgehead atoms. The van der Waals surface area contributed by atoms with Gasteiger partial charge in [0.15, 0.2) is 0 Å². The highest BCUT2D eigenvalue weighted by Gasteiger charge is 2.30. The third-order valence-electron chi connectivity index (χ3n) is 6.48. The van der Waals surface area contributed by atoms with Crippen molar-refractivity contribution in [3.8, 4) is 5.75 Å². The minimum absolute atomic E-state index is 0.270. The van der Waals surface area contributed by atoms with Crippen molar-refractivity contribution < 1.29 is 17.9 Å². The fourth-order valence-corrected chi connectivity index (χ4v) is 4.28. The first-order valence-electron chi connectivity index (χ1n) is 12.3. The third kappa shape index (κ3) is 6.66. The van der Waals surface area contributed by atoms with Crippen molar-refractivity contribution in [1.82, 2.24) is 14.9 Å². The zero-order chi connectivity index (χ0) is 25.5. The maximum absolute atomic E-state index is 12.7. The van der Waals surface area contributed by atoms with Gasteiger partial charge >= 0.3 is 6.18 Å². The van der Waals surface area contributed by atoms with Crippen LogP contribution in [0.5, 0.6) is 5.75 Å². The van der Waals surface area contributed by atoms with Gasteiger partial charge in [-0.15, -0.1) is 0 Å². The molecule has 2 aromatic heterocycles. The molecule has 2 N–H and O–H groups in total. The number of benzene rings is 1. The zero-order valence-corrected chi connectivity index (χ0v) is 20.6. The van der Waals surface area contributed by atoms with E-state index in [1.165, 1.54) is 12.1 Å². The monoisotopic (exact) mass is 499 g/mol. The molecule has 3 heterocycles. The molecular formula is C27H32F3N5O. The first-order valence-corrected chi connectivity index (χ1v) is 12.3. The molecule has 0 fully saturated rings. The number of pyridine rings is 2. The van der Waals surface area contributed by atoms with E-state index in [2.05, 4.69) is 45.4 Å². The summed E-state index contributed by atoms with van der Waals surface area (Å²) in [7, 11) is 0. The number of hydrogen-bond donors (Lipinski definition) is 2. The minimum atomic E-state index is -4.32. The Morgan fingerprint density at radius 3 is 2.44 bits per heavy atom. The molecule has 1 aromatic carbocycles. The van der Waals surface area contributed by atoms with Crippen molar-refractivity contribution in [3.05, 3.63) is 77.1 Å². The maximum atomic E-state index is 12.7. The number of rotatable bonds is 11. The van der Waals surface area contributed by atoms with Gasteiger partial charge in [0, 0.05) is 37.3 Å².